The minimum absolute atomic E-state index is 0.407. The standard InChI is InChI=1S/C18H35N/c1-5-11-19-17(18(2,3)4)8-6-7-15-12-14-9-10-16(15)13-14/h14-17,19H,5-13H2,1-4H3. The van der Waals surface area contributed by atoms with E-state index in [2.05, 4.69) is 33.0 Å². The molecule has 0 aromatic heterocycles. The van der Waals surface area contributed by atoms with E-state index >= 15 is 0 Å². The maximum absolute atomic E-state index is 3.77. The summed E-state index contributed by atoms with van der Waals surface area (Å²) in [6, 6.07) is 0.700. The van der Waals surface area contributed by atoms with Crippen molar-refractivity contribution >= 4 is 0 Å². The lowest BCUT2D eigenvalue weighted by Crippen LogP contribution is -2.40. The normalized spacial score (nSPS) is 31.9. The SMILES string of the molecule is CCCNC(CCCC1CC2CCC1C2)C(C)(C)C. The van der Waals surface area contributed by atoms with Gasteiger partial charge in [0.1, 0.15) is 0 Å². The average molecular weight is 265 g/mol. The van der Waals surface area contributed by atoms with Crippen LogP contribution in [0, 0.1) is 23.2 Å². The summed E-state index contributed by atoms with van der Waals surface area (Å²) in [4.78, 5) is 0. The van der Waals surface area contributed by atoms with Crippen molar-refractivity contribution in [1.29, 1.82) is 0 Å². The Balaban J connectivity index is 1.70. The average Bonchev–Trinajstić information content (AvgIpc) is 2.94. The molecular formula is C18H35N. The van der Waals surface area contributed by atoms with Crippen molar-refractivity contribution in [2.24, 2.45) is 23.2 Å². The summed E-state index contributed by atoms with van der Waals surface area (Å²) in [6.45, 7) is 10.6. The second kappa shape index (κ2) is 6.61. The van der Waals surface area contributed by atoms with Crippen LogP contribution in [0.4, 0.5) is 0 Å². The van der Waals surface area contributed by atoms with Gasteiger partial charge in [-0.15, -0.1) is 0 Å². The highest BCUT2D eigenvalue weighted by Crippen LogP contribution is 2.50. The molecule has 19 heavy (non-hydrogen) atoms. The number of hydrogen-bond donors (Lipinski definition) is 1. The fourth-order valence-corrected chi connectivity index (χ4v) is 4.47. The van der Waals surface area contributed by atoms with Gasteiger partial charge in [0.2, 0.25) is 0 Å². The van der Waals surface area contributed by atoms with Gasteiger partial charge in [-0.2, -0.15) is 0 Å². The molecule has 2 bridgehead atoms. The van der Waals surface area contributed by atoms with Gasteiger partial charge in [0.15, 0.2) is 0 Å². The van der Waals surface area contributed by atoms with Gasteiger partial charge in [-0.1, -0.05) is 47.0 Å². The summed E-state index contributed by atoms with van der Waals surface area (Å²) < 4.78 is 0. The van der Waals surface area contributed by atoms with Crippen molar-refractivity contribution in [2.45, 2.75) is 85.1 Å². The van der Waals surface area contributed by atoms with Crippen LogP contribution in [0.2, 0.25) is 0 Å². The smallest absolute Gasteiger partial charge is 0.0116 e. The highest BCUT2D eigenvalue weighted by Gasteiger charge is 2.38. The van der Waals surface area contributed by atoms with Gasteiger partial charge < -0.3 is 5.32 Å². The van der Waals surface area contributed by atoms with Crippen LogP contribution < -0.4 is 5.32 Å². The monoisotopic (exact) mass is 265 g/mol. The molecule has 0 saturated heterocycles. The molecule has 2 aliphatic carbocycles. The zero-order valence-electron chi connectivity index (χ0n) is 13.7. The largest absolute Gasteiger partial charge is 0.313 e. The predicted octanol–water partition coefficient (Wildman–Crippen LogP) is 5.01. The predicted molar refractivity (Wildman–Crippen MR) is 84.3 cm³/mol. The van der Waals surface area contributed by atoms with Crippen LogP contribution in [0.5, 0.6) is 0 Å². The van der Waals surface area contributed by atoms with E-state index < -0.39 is 0 Å². The van der Waals surface area contributed by atoms with E-state index in [4.69, 9.17) is 0 Å². The quantitative estimate of drug-likeness (QED) is 0.682. The zero-order chi connectivity index (χ0) is 13.9. The van der Waals surface area contributed by atoms with E-state index in [1.807, 2.05) is 0 Å². The molecule has 0 aliphatic heterocycles. The van der Waals surface area contributed by atoms with Crippen molar-refractivity contribution in [3.8, 4) is 0 Å². The van der Waals surface area contributed by atoms with Gasteiger partial charge in [-0.3, -0.25) is 0 Å². The van der Waals surface area contributed by atoms with Gasteiger partial charge in [0.05, 0.1) is 0 Å². The first-order valence-electron chi connectivity index (χ1n) is 8.74. The van der Waals surface area contributed by atoms with Crippen LogP contribution in [-0.2, 0) is 0 Å². The Morgan fingerprint density at radius 1 is 1.16 bits per heavy atom. The lowest BCUT2D eigenvalue weighted by atomic mass is 9.81. The summed E-state index contributed by atoms with van der Waals surface area (Å²) in [7, 11) is 0. The summed E-state index contributed by atoms with van der Waals surface area (Å²) >= 11 is 0. The first-order chi connectivity index (χ1) is 9.00. The molecule has 112 valence electrons. The molecular weight excluding hydrogens is 230 g/mol. The fraction of sp³-hybridized carbons (Fsp3) is 1.00. The first-order valence-corrected chi connectivity index (χ1v) is 8.74. The van der Waals surface area contributed by atoms with E-state index in [0.29, 0.717) is 11.5 Å². The molecule has 0 aromatic carbocycles. The third-order valence-corrected chi connectivity index (χ3v) is 5.64. The Morgan fingerprint density at radius 3 is 2.47 bits per heavy atom. The van der Waals surface area contributed by atoms with Crippen molar-refractivity contribution < 1.29 is 0 Å². The third kappa shape index (κ3) is 4.21. The molecule has 0 radical (unpaired) electrons. The number of hydrogen-bond acceptors (Lipinski definition) is 1. The van der Waals surface area contributed by atoms with Crippen molar-refractivity contribution in [2.75, 3.05) is 6.54 Å². The van der Waals surface area contributed by atoms with Crippen LogP contribution in [0.15, 0.2) is 0 Å². The maximum Gasteiger partial charge on any atom is 0.0116 e. The third-order valence-electron chi connectivity index (χ3n) is 5.64. The van der Waals surface area contributed by atoms with Gasteiger partial charge in [-0.25, -0.2) is 0 Å². The summed E-state index contributed by atoms with van der Waals surface area (Å²) in [6.07, 6.45) is 11.8. The summed E-state index contributed by atoms with van der Waals surface area (Å²) in [5, 5.41) is 3.77. The zero-order valence-corrected chi connectivity index (χ0v) is 13.7. The van der Waals surface area contributed by atoms with Crippen LogP contribution in [-0.4, -0.2) is 12.6 Å². The van der Waals surface area contributed by atoms with Crippen LogP contribution in [0.1, 0.15) is 79.1 Å². The molecule has 2 aliphatic rings. The second-order valence-corrected chi connectivity index (χ2v) is 8.24. The molecule has 0 aromatic rings. The molecule has 4 atom stereocenters. The van der Waals surface area contributed by atoms with Crippen molar-refractivity contribution in [1.82, 2.24) is 5.32 Å². The highest BCUT2D eigenvalue weighted by molar-refractivity contribution is 4.90. The molecule has 1 heteroatoms. The van der Waals surface area contributed by atoms with Gasteiger partial charge in [0, 0.05) is 6.04 Å². The van der Waals surface area contributed by atoms with E-state index in [-0.39, 0.29) is 0 Å². The lowest BCUT2D eigenvalue weighted by Gasteiger charge is -2.32. The second-order valence-electron chi connectivity index (χ2n) is 8.24. The Bertz CT molecular complexity index is 265. The van der Waals surface area contributed by atoms with Gasteiger partial charge in [-0.05, 0) is 61.8 Å². The molecule has 2 saturated carbocycles. The van der Waals surface area contributed by atoms with Crippen molar-refractivity contribution in [3.63, 3.8) is 0 Å². The number of rotatable bonds is 7. The fourth-order valence-electron chi connectivity index (χ4n) is 4.47. The molecule has 0 heterocycles. The van der Waals surface area contributed by atoms with Crippen LogP contribution in [0.25, 0.3) is 0 Å². The van der Waals surface area contributed by atoms with E-state index in [1.54, 1.807) is 25.7 Å². The molecule has 4 unspecified atom stereocenters. The topological polar surface area (TPSA) is 12.0 Å². The Kier molecular flexibility index (Phi) is 5.34. The number of nitrogens with one attached hydrogen (secondary N) is 1. The summed E-state index contributed by atoms with van der Waals surface area (Å²) in [5.41, 5.74) is 0.407. The molecule has 1 N–H and O–H groups in total. The van der Waals surface area contributed by atoms with Gasteiger partial charge in [0.25, 0.3) is 0 Å². The highest BCUT2D eigenvalue weighted by atomic mass is 14.9. The first kappa shape index (κ1) is 15.4. The Hall–Kier alpha value is -0.0400. The molecule has 1 nitrogen and oxygen atoms in total. The minimum Gasteiger partial charge on any atom is -0.313 e. The molecule has 2 fully saturated rings. The van der Waals surface area contributed by atoms with E-state index in [1.165, 1.54) is 32.2 Å². The van der Waals surface area contributed by atoms with E-state index in [9.17, 15) is 0 Å². The van der Waals surface area contributed by atoms with Crippen LogP contribution >= 0.6 is 0 Å². The molecule has 0 amide bonds. The summed E-state index contributed by atoms with van der Waals surface area (Å²) in [5.74, 6) is 3.32. The van der Waals surface area contributed by atoms with Gasteiger partial charge >= 0.3 is 0 Å². The number of fused-ring (bicyclic) bond motifs is 2. The molecule has 0 spiro atoms. The molecule has 2 rings (SSSR count). The lowest BCUT2D eigenvalue weighted by molar-refractivity contribution is 0.235. The maximum atomic E-state index is 3.77. The van der Waals surface area contributed by atoms with E-state index in [0.717, 1.165) is 17.8 Å². The van der Waals surface area contributed by atoms with Crippen molar-refractivity contribution in [3.05, 3.63) is 0 Å². The Morgan fingerprint density at radius 2 is 1.95 bits per heavy atom. The Labute approximate surface area is 120 Å². The van der Waals surface area contributed by atoms with Crippen LogP contribution in [0.3, 0.4) is 0 Å². The minimum atomic E-state index is 0.407.